The summed E-state index contributed by atoms with van der Waals surface area (Å²) in [7, 11) is 0. The van der Waals surface area contributed by atoms with Gasteiger partial charge in [0.1, 0.15) is 5.04 Å². The largest absolute Gasteiger partial charge is 0.241 e. The molecule has 2 heteroatoms. The molecule has 90 valence electrons. The van der Waals surface area contributed by atoms with E-state index >= 15 is 0 Å². The number of hydrogen-bond donors (Lipinski definition) is 0. The van der Waals surface area contributed by atoms with Crippen molar-refractivity contribution < 1.29 is 0 Å². The molecule has 0 aliphatic carbocycles. The first-order valence-electron chi connectivity index (χ1n) is 6.09. The molecule has 0 bridgehead atoms. The van der Waals surface area contributed by atoms with Crippen LogP contribution in [0.1, 0.15) is 25.0 Å². The maximum Gasteiger partial charge on any atom is 0.105 e. The Bertz CT molecular complexity index is 600. The van der Waals surface area contributed by atoms with Gasteiger partial charge < -0.3 is 0 Å². The van der Waals surface area contributed by atoms with Crippen molar-refractivity contribution in [3.8, 4) is 0 Å². The van der Waals surface area contributed by atoms with Gasteiger partial charge in [0.05, 0.1) is 5.69 Å². The highest BCUT2D eigenvalue weighted by Crippen LogP contribution is 2.46. The van der Waals surface area contributed by atoms with Crippen LogP contribution < -0.4 is 0 Å². The number of thioether (sulfide) groups is 1. The minimum atomic E-state index is 0.0729. The summed E-state index contributed by atoms with van der Waals surface area (Å²) in [5.74, 6) is 0. The van der Waals surface area contributed by atoms with Gasteiger partial charge in [-0.3, -0.25) is 0 Å². The molecule has 1 nitrogen and oxygen atoms in total. The van der Waals surface area contributed by atoms with Gasteiger partial charge in [-0.1, -0.05) is 60.3 Å². The van der Waals surface area contributed by atoms with Crippen LogP contribution in [0.4, 0.5) is 5.69 Å². The fourth-order valence-electron chi connectivity index (χ4n) is 2.21. The first-order valence-corrected chi connectivity index (χ1v) is 6.91. The highest BCUT2D eigenvalue weighted by atomic mass is 32.2. The lowest BCUT2D eigenvalue weighted by Crippen LogP contribution is -2.19. The highest BCUT2D eigenvalue weighted by molar-refractivity contribution is 8.15. The maximum atomic E-state index is 4.79. The Labute approximate surface area is 112 Å². The summed E-state index contributed by atoms with van der Waals surface area (Å²) >= 11 is 1.83. The van der Waals surface area contributed by atoms with E-state index in [1.54, 1.807) is 0 Å². The van der Waals surface area contributed by atoms with Crippen LogP contribution in [-0.4, -0.2) is 5.04 Å². The Hall–Kier alpha value is -1.54. The zero-order valence-electron chi connectivity index (χ0n) is 10.6. The average Bonchev–Trinajstić information content (AvgIpc) is 2.39. The van der Waals surface area contributed by atoms with E-state index < -0.39 is 0 Å². The van der Waals surface area contributed by atoms with Gasteiger partial charge in [-0.25, -0.2) is 4.99 Å². The van der Waals surface area contributed by atoms with Crippen LogP contribution in [0.25, 0.3) is 0 Å². The van der Waals surface area contributed by atoms with Gasteiger partial charge in [0.15, 0.2) is 0 Å². The topological polar surface area (TPSA) is 12.4 Å². The van der Waals surface area contributed by atoms with E-state index in [2.05, 4.69) is 62.4 Å². The quantitative estimate of drug-likeness (QED) is 0.714. The predicted octanol–water partition coefficient (Wildman–Crippen LogP) is 4.75. The number of nitrogens with zero attached hydrogens (tertiary/aromatic N) is 1. The molecule has 0 saturated carbocycles. The SMILES string of the molecule is CC1(C)SC(c2ccccc2)=Nc2ccccc21. The Morgan fingerprint density at radius 3 is 2.33 bits per heavy atom. The smallest absolute Gasteiger partial charge is 0.105 e. The zero-order valence-corrected chi connectivity index (χ0v) is 11.4. The van der Waals surface area contributed by atoms with Crippen LogP contribution >= 0.6 is 11.8 Å². The van der Waals surface area contributed by atoms with E-state index in [1.807, 2.05) is 17.8 Å². The predicted molar refractivity (Wildman–Crippen MR) is 79.7 cm³/mol. The first kappa shape index (κ1) is 11.5. The summed E-state index contributed by atoms with van der Waals surface area (Å²) in [6, 6.07) is 18.8. The molecule has 2 aromatic carbocycles. The van der Waals surface area contributed by atoms with Crippen molar-refractivity contribution in [1.29, 1.82) is 0 Å². The minimum Gasteiger partial charge on any atom is -0.241 e. The van der Waals surface area contributed by atoms with Crippen molar-refractivity contribution >= 4 is 22.5 Å². The van der Waals surface area contributed by atoms with E-state index in [1.165, 1.54) is 11.1 Å². The van der Waals surface area contributed by atoms with E-state index in [-0.39, 0.29) is 4.75 Å². The number of aliphatic imine (C=N–C) groups is 1. The van der Waals surface area contributed by atoms with Crippen molar-refractivity contribution in [3.05, 3.63) is 65.7 Å². The number of para-hydroxylation sites is 1. The molecule has 0 aromatic heterocycles. The Kier molecular flexibility index (Phi) is 2.75. The highest BCUT2D eigenvalue weighted by Gasteiger charge is 2.30. The van der Waals surface area contributed by atoms with Gasteiger partial charge in [0.2, 0.25) is 0 Å². The fraction of sp³-hybridized carbons (Fsp3) is 0.188. The summed E-state index contributed by atoms with van der Waals surface area (Å²) in [5, 5.41) is 1.11. The molecule has 0 fully saturated rings. The van der Waals surface area contributed by atoms with Crippen molar-refractivity contribution in [3.63, 3.8) is 0 Å². The van der Waals surface area contributed by atoms with E-state index in [0.29, 0.717) is 0 Å². The Balaban J connectivity index is 2.14. The van der Waals surface area contributed by atoms with Crippen LogP contribution in [0, 0.1) is 0 Å². The second kappa shape index (κ2) is 4.29. The maximum absolute atomic E-state index is 4.79. The summed E-state index contributed by atoms with van der Waals surface area (Å²) in [6.45, 7) is 4.52. The number of fused-ring (bicyclic) bond motifs is 1. The number of benzene rings is 2. The Morgan fingerprint density at radius 2 is 1.56 bits per heavy atom. The molecule has 18 heavy (non-hydrogen) atoms. The molecule has 0 unspecified atom stereocenters. The lowest BCUT2D eigenvalue weighted by molar-refractivity contribution is 0.785. The van der Waals surface area contributed by atoms with Crippen molar-refractivity contribution in [2.45, 2.75) is 18.6 Å². The van der Waals surface area contributed by atoms with Crippen LogP contribution in [0.15, 0.2) is 59.6 Å². The van der Waals surface area contributed by atoms with Gasteiger partial charge in [0, 0.05) is 10.3 Å². The second-order valence-corrected chi connectivity index (χ2v) is 6.52. The fourth-order valence-corrected chi connectivity index (χ4v) is 3.38. The van der Waals surface area contributed by atoms with Gasteiger partial charge in [-0.15, -0.1) is 0 Å². The van der Waals surface area contributed by atoms with Crippen molar-refractivity contribution in [1.82, 2.24) is 0 Å². The van der Waals surface area contributed by atoms with Crippen LogP contribution in [0.5, 0.6) is 0 Å². The van der Waals surface area contributed by atoms with Gasteiger partial charge >= 0.3 is 0 Å². The van der Waals surface area contributed by atoms with Gasteiger partial charge in [0.25, 0.3) is 0 Å². The molecule has 2 aromatic rings. The molecule has 0 atom stereocenters. The lowest BCUT2D eigenvalue weighted by Gasteiger charge is -2.30. The van der Waals surface area contributed by atoms with Crippen LogP contribution in [0.2, 0.25) is 0 Å². The molecule has 3 rings (SSSR count). The molecule has 0 saturated heterocycles. The summed E-state index contributed by atoms with van der Waals surface area (Å²) < 4.78 is 0.0729. The normalized spacial score (nSPS) is 16.9. The first-order chi connectivity index (χ1) is 8.67. The molecule has 0 spiro atoms. The molecule has 1 aliphatic rings. The van der Waals surface area contributed by atoms with Crippen molar-refractivity contribution in [2.75, 3.05) is 0 Å². The summed E-state index contributed by atoms with van der Waals surface area (Å²) in [5.41, 5.74) is 3.61. The number of rotatable bonds is 1. The zero-order chi connectivity index (χ0) is 12.6. The third-order valence-electron chi connectivity index (χ3n) is 3.15. The monoisotopic (exact) mass is 253 g/mol. The van der Waals surface area contributed by atoms with Gasteiger partial charge in [-0.05, 0) is 25.5 Å². The summed E-state index contributed by atoms with van der Waals surface area (Å²) in [6.07, 6.45) is 0. The number of hydrogen-bond acceptors (Lipinski definition) is 2. The molecule has 1 aliphatic heterocycles. The molecule has 0 amide bonds. The van der Waals surface area contributed by atoms with E-state index in [4.69, 9.17) is 4.99 Å². The van der Waals surface area contributed by atoms with Crippen LogP contribution in [0.3, 0.4) is 0 Å². The van der Waals surface area contributed by atoms with E-state index in [9.17, 15) is 0 Å². The summed E-state index contributed by atoms with van der Waals surface area (Å²) in [4.78, 5) is 4.79. The van der Waals surface area contributed by atoms with E-state index in [0.717, 1.165) is 10.7 Å². The third kappa shape index (κ3) is 1.97. The van der Waals surface area contributed by atoms with Gasteiger partial charge in [-0.2, -0.15) is 0 Å². The molecular formula is C16H15NS. The standard InChI is InChI=1S/C16H15NS/c1-16(2)13-10-6-7-11-14(13)17-15(18-16)12-8-4-3-5-9-12/h3-11H,1-2H3. The molecule has 0 N–H and O–H groups in total. The second-order valence-electron chi connectivity index (χ2n) is 4.91. The molecular weight excluding hydrogens is 238 g/mol. The van der Waals surface area contributed by atoms with Crippen LogP contribution in [-0.2, 0) is 4.75 Å². The molecule has 1 heterocycles. The minimum absolute atomic E-state index is 0.0729. The van der Waals surface area contributed by atoms with Crippen molar-refractivity contribution in [2.24, 2.45) is 4.99 Å². The Morgan fingerprint density at radius 1 is 0.889 bits per heavy atom. The third-order valence-corrected chi connectivity index (χ3v) is 4.40. The lowest BCUT2D eigenvalue weighted by atomic mass is 10.00. The average molecular weight is 253 g/mol. The molecule has 0 radical (unpaired) electrons.